The Morgan fingerprint density at radius 3 is 1.65 bits per heavy atom. The molecular weight excluding hydrogens is 468 g/mol. The molecule has 0 atom stereocenters. The number of aliphatic hydroxyl groups is 1. The van der Waals surface area contributed by atoms with Gasteiger partial charge in [-0.3, -0.25) is 0 Å². The fourth-order valence-electron chi connectivity index (χ4n) is 3.48. The van der Waals surface area contributed by atoms with Gasteiger partial charge in [-0.15, -0.1) is 11.1 Å². The Morgan fingerprint density at radius 2 is 1.23 bits per heavy atom. The zero-order chi connectivity index (χ0) is 23.5. The van der Waals surface area contributed by atoms with E-state index in [9.17, 15) is 0 Å². The predicted molar refractivity (Wildman–Crippen MR) is 118 cm³/mol. The van der Waals surface area contributed by atoms with Crippen molar-refractivity contribution in [1.29, 1.82) is 0 Å². The van der Waals surface area contributed by atoms with Gasteiger partial charge >= 0.3 is 33.5 Å². The second-order valence-corrected chi connectivity index (χ2v) is 7.99. The molecule has 0 aliphatic rings. The van der Waals surface area contributed by atoms with Crippen LogP contribution in [0.1, 0.15) is 49.9 Å². The van der Waals surface area contributed by atoms with Crippen molar-refractivity contribution in [3.63, 3.8) is 0 Å². The Morgan fingerprint density at radius 1 is 0.806 bits per heavy atom. The number of carboxylic acids is 1. The van der Waals surface area contributed by atoms with Gasteiger partial charge in [-0.05, 0) is 22.0 Å². The monoisotopic (exact) mass is 495 g/mol. The fourth-order valence-corrected chi connectivity index (χ4v) is 3.48. The summed E-state index contributed by atoms with van der Waals surface area (Å²) in [6.45, 7) is 8.41. The van der Waals surface area contributed by atoms with E-state index in [1.807, 2.05) is 6.07 Å². The predicted octanol–water partition coefficient (Wildman–Crippen LogP) is 5.08. The zero-order valence-corrected chi connectivity index (χ0v) is 20.9. The number of hydrogen-bond acceptors (Lipinski definition) is 3. The van der Waals surface area contributed by atoms with Crippen LogP contribution in [0.5, 0.6) is 0 Å². The van der Waals surface area contributed by atoms with E-state index in [1.54, 1.807) is 0 Å². The summed E-state index contributed by atoms with van der Waals surface area (Å²) >= 11 is 0.300. The van der Waals surface area contributed by atoms with E-state index in [2.05, 4.69) is 107 Å². The molecule has 2 N–H and O–H groups in total. The Balaban J connectivity index is 0.000000605. The molecule has 0 bridgehead atoms. The normalized spacial score (nSPS) is 10.7. The van der Waals surface area contributed by atoms with Crippen molar-refractivity contribution in [3.8, 4) is 0 Å². The molecule has 0 aliphatic heterocycles. The number of carboxylic acid groups (broad SMARTS) is 1. The van der Waals surface area contributed by atoms with Crippen LogP contribution in [0.2, 0.25) is 0 Å². The third-order valence-corrected chi connectivity index (χ3v) is 5.28. The summed E-state index contributed by atoms with van der Waals surface area (Å²) in [5, 5.41) is 15.0. The van der Waals surface area contributed by atoms with Gasteiger partial charge in [-0.1, -0.05) is 88.4 Å². The maximum atomic E-state index is 9.12. The van der Waals surface area contributed by atoms with Crippen LogP contribution in [0.25, 0.3) is 0 Å². The number of carbonyl (C=O) groups is 1. The molecule has 0 fully saturated rings. The minimum atomic E-state index is -1.19. The molecule has 0 saturated carbocycles. The molecule has 0 radical (unpaired) electrons. The van der Waals surface area contributed by atoms with Crippen LogP contribution in [-0.4, -0.2) is 22.8 Å². The summed E-state index contributed by atoms with van der Waals surface area (Å²) in [4.78, 5) is 9.12. The minimum absolute atomic E-state index is 0.0690. The van der Waals surface area contributed by atoms with Gasteiger partial charge in [0, 0.05) is 0 Å². The number of benzene rings is 3. The van der Waals surface area contributed by atoms with Gasteiger partial charge in [0.05, 0.1) is 0 Å². The topological polar surface area (TPSA) is 74.6 Å². The van der Waals surface area contributed by atoms with Crippen LogP contribution in [0.3, 0.4) is 0 Å². The summed E-state index contributed by atoms with van der Waals surface area (Å²) < 4.78 is 8.34. The molecule has 4 nitrogen and oxygen atoms in total. The van der Waals surface area contributed by atoms with E-state index in [-0.39, 0.29) is 10.8 Å². The molecule has 0 spiro atoms. The summed E-state index contributed by atoms with van der Waals surface area (Å²) in [5.41, 5.74) is 5.09. The third-order valence-electron chi connectivity index (χ3n) is 5.28. The van der Waals surface area contributed by atoms with Crippen molar-refractivity contribution in [2.24, 2.45) is 0 Å². The first kappa shape index (κ1) is 26.8. The summed E-state index contributed by atoms with van der Waals surface area (Å²) in [5.74, 6) is -1.19. The van der Waals surface area contributed by atoms with Crippen LogP contribution < -0.4 is 0 Å². The van der Waals surface area contributed by atoms with Gasteiger partial charge in [-0.2, -0.15) is 24.3 Å². The number of hydrogen-bond donors (Lipinski definition) is 2. The molecule has 31 heavy (non-hydrogen) atoms. The molecule has 0 amide bonds. The summed E-state index contributed by atoms with van der Waals surface area (Å²) in [6, 6.07) is 31.4. The first-order valence-corrected chi connectivity index (χ1v) is 10.9. The third kappa shape index (κ3) is 7.16. The van der Waals surface area contributed by atoms with Crippen molar-refractivity contribution in [1.82, 2.24) is 0 Å². The molecule has 0 aromatic heterocycles. The second-order valence-electron chi connectivity index (χ2n) is 7.99. The molecule has 3 aromatic rings. The molecule has 3 aromatic carbocycles. The zero-order valence-electron chi connectivity index (χ0n) is 18.4. The van der Waals surface area contributed by atoms with Crippen LogP contribution in [0.4, 0.5) is 0 Å². The van der Waals surface area contributed by atoms with Crippen molar-refractivity contribution in [3.05, 3.63) is 107 Å². The summed E-state index contributed by atoms with van der Waals surface area (Å²) in [7, 11) is 0. The Kier molecular flexibility index (Phi) is 10.9. The van der Waals surface area contributed by atoms with Crippen LogP contribution in [0, 0.1) is 6.07 Å². The molecule has 0 unspecified atom stereocenters. The first-order valence-electron chi connectivity index (χ1n) is 9.87. The van der Waals surface area contributed by atoms with Crippen molar-refractivity contribution < 1.29 is 42.5 Å². The average Bonchev–Trinajstić information content (AvgIpc) is 2.82. The van der Waals surface area contributed by atoms with E-state index in [0.29, 0.717) is 24.7 Å². The Labute approximate surface area is 200 Å². The first-order chi connectivity index (χ1) is 14.7. The van der Waals surface area contributed by atoms with E-state index in [0.717, 1.165) is 0 Å². The van der Waals surface area contributed by atoms with Gasteiger partial charge in [0.2, 0.25) is 0 Å². The van der Waals surface area contributed by atoms with Crippen LogP contribution >= 0.6 is 0 Å². The fraction of sp³-hybridized carbons (Fsp3) is 0.269. The van der Waals surface area contributed by atoms with Gasteiger partial charge < -0.3 is 10.2 Å². The molecule has 0 saturated heterocycles. The standard InChI is InChI=1S/C24H25.C2H4O3.O.Zr/c1-23(2,19-13-7-5-8-14-19)21-17-11-12-18-22(21)24(3,4)20-15-9-6-10-16-20;3-1-2(4)5;;/h5-17H,1-4H3;3H,1H2,(H,4,5);;/q-1;;;. The van der Waals surface area contributed by atoms with E-state index in [4.69, 9.17) is 17.8 Å². The molecule has 0 aliphatic carbocycles. The Hall–Kier alpha value is -2.23. The molecule has 3 rings (SSSR count). The number of aliphatic carboxylic acids is 1. The molecule has 0 heterocycles. The number of aliphatic hydroxyl groups excluding tert-OH is 1. The van der Waals surface area contributed by atoms with Crippen LogP contribution in [0.15, 0.2) is 78.9 Å². The summed E-state index contributed by atoms with van der Waals surface area (Å²) in [6.07, 6.45) is 0. The van der Waals surface area contributed by atoms with E-state index >= 15 is 0 Å². The van der Waals surface area contributed by atoms with Gasteiger partial charge in [0.25, 0.3) is 0 Å². The van der Waals surface area contributed by atoms with Crippen LogP contribution in [-0.2, 0) is 43.2 Å². The Bertz CT molecular complexity index is 867. The van der Waals surface area contributed by atoms with Crippen molar-refractivity contribution in [2.75, 3.05) is 6.61 Å². The van der Waals surface area contributed by atoms with Gasteiger partial charge in [0.15, 0.2) is 0 Å². The molecule has 162 valence electrons. The maximum absolute atomic E-state index is 9.12. The second kappa shape index (κ2) is 12.6. The quantitative estimate of drug-likeness (QED) is 0.483. The molecular formula is C26H29O4Zr-. The van der Waals surface area contributed by atoms with E-state index in [1.165, 1.54) is 22.3 Å². The average molecular weight is 497 g/mol. The SMILES string of the molecule is CC(C)(c1ccccc1)c1[c-]cccc1C(C)(C)c1ccccc1.O=C(O)CO.[O]=[Zr]. The van der Waals surface area contributed by atoms with Crippen molar-refractivity contribution in [2.45, 2.75) is 38.5 Å². The van der Waals surface area contributed by atoms with E-state index < -0.39 is 12.6 Å². The molecule has 5 heteroatoms. The number of rotatable bonds is 5. The van der Waals surface area contributed by atoms with Crippen molar-refractivity contribution >= 4 is 5.97 Å². The van der Waals surface area contributed by atoms with Gasteiger partial charge in [0.1, 0.15) is 6.61 Å². The van der Waals surface area contributed by atoms with Gasteiger partial charge in [-0.25, -0.2) is 4.79 Å².